The molecule has 0 aliphatic rings. The zero-order valence-corrected chi connectivity index (χ0v) is 11.5. The summed E-state index contributed by atoms with van der Waals surface area (Å²) in [6, 6.07) is 7.24. The van der Waals surface area contributed by atoms with E-state index in [0.717, 1.165) is 10.0 Å². The highest BCUT2D eigenvalue weighted by atomic mass is 79.9. The molecule has 1 N–H and O–H groups in total. The van der Waals surface area contributed by atoms with Crippen LogP contribution in [0.2, 0.25) is 0 Å². The molecule has 100 valence electrons. The Labute approximate surface area is 112 Å². The molecule has 0 saturated heterocycles. The number of hydrogen-bond donors (Lipinski definition) is 1. The first-order chi connectivity index (χ1) is 8.13. The molecule has 0 aliphatic heterocycles. The van der Waals surface area contributed by atoms with E-state index in [-0.39, 0.29) is 6.54 Å². The average molecular weight is 324 g/mol. The highest BCUT2D eigenvalue weighted by molar-refractivity contribution is 9.10. The first-order valence-electron chi connectivity index (χ1n) is 5.24. The SMILES string of the molecule is CC(C)(CNC(=O)C(F)(F)F)c1ccc(Br)cc1. The second-order valence-corrected chi connectivity index (χ2v) is 5.49. The van der Waals surface area contributed by atoms with Crippen LogP contribution in [-0.4, -0.2) is 18.6 Å². The summed E-state index contributed by atoms with van der Waals surface area (Å²) in [7, 11) is 0. The van der Waals surface area contributed by atoms with Crippen molar-refractivity contribution in [3.05, 3.63) is 34.3 Å². The van der Waals surface area contributed by atoms with Crippen molar-refractivity contribution >= 4 is 21.8 Å². The molecule has 0 spiro atoms. The van der Waals surface area contributed by atoms with Gasteiger partial charge >= 0.3 is 12.1 Å². The fourth-order valence-corrected chi connectivity index (χ4v) is 1.67. The van der Waals surface area contributed by atoms with Crippen LogP contribution in [0.3, 0.4) is 0 Å². The Morgan fingerprint density at radius 2 is 1.72 bits per heavy atom. The van der Waals surface area contributed by atoms with Crippen LogP contribution in [0.4, 0.5) is 13.2 Å². The van der Waals surface area contributed by atoms with E-state index >= 15 is 0 Å². The van der Waals surface area contributed by atoms with Gasteiger partial charge < -0.3 is 5.32 Å². The zero-order chi connectivity index (χ0) is 14.0. The molecule has 2 nitrogen and oxygen atoms in total. The molecule has 1 rings (SSSR count). The van der Waals surface area contributed by atoms with Gasteiger partial charge in [0.2, 0.25) is 0 Å². The Kier molecular flexibility index (Phi) is 4.42. The zero-order valence-electron chi connectivity index (χ0n) is 9.94. The number of amides is 1. The van der Waals surface area contributed by atoms with E-state index in [1.54, 1.807) is 13.8 Å². The van der Waals surface area contributed by atoms with Crippen LogP contribution in [0.5, 0.6) is 0 Å². The molecule has 0 saturated carbocycles. The smallest absolute Gasteiger partial charge is 0.347 e. The number of rotatable bonds is 3. The van der Waals surface area contributed by atoms with Crippen molar-refractivity contribution < 1.29 is 18.0 Å². The van der Waals surface area contributed by atoms with Crippen molar-refractivity contribution in [3.8, 4) is 0 Å². The van der Waals surface area contributed by atoms with E-state index in [9.17, 15) is 18.0 Å². The Bertz CT molecular complexity index is 426. The van der Waals surface area contributed by atoms with Gasteiger partial charge in [-0.15, -0.1) is 0 Å². The molecular formula is C12H13BrF3NO. The molecule has 0 fully saturated rings. The van der Waals surface area contributed by atoms with Gasteiger partial charge in [0.05, 0.1) is 0 Å². The molecule has 0 unspecified atom stereocenters. The minimum atomic E-state index is -4.84. The molecule has 1 amide bonds. The third-order valence-corrected chi connectivity index (χ3v) is 3.10. The maximum absolute atomic E-state index is 12.1. The lowest BCUT2D eigenvalue weighted by atomic mass is 9.84. The van der Waals surface area contributed by atoms with E-state index in [2.05, 4.69) is 15.9 Å². The van der Waals surface area contributed by atoms with Gasteiger partial charge in [0.1, 0.15) is 0 Å². The van der Waals surface area contributed by atoms with Crippen LogP contribution in [0.25, 0.3) is 0 Å². The normalized spacial score (nSPS) is 12.3. The summed E-state index contributed by atoms with van der Waals surface area (Å²) in [5.41, 5.74) is 0.287. The molecule has 0 heterocycles. The topological polar surface area (TPSA) is 29.1 Å². The number of nitrogens with one attached hydrogen (secondary N) is 1. The molecule has 0 bridgehead atoms. The van der Waals surface area contributed by atoms with E-state index in [1.807, 2.05) is 29.6 Å². The lowest BCUT2D eigenvalue weighted by Crippen LogP contribution is -2.43. The van der Waals surface area contributed by atoms with Crippen LogP contribution >= 0.6 is 15.9 Å². The highest BCUT2D eigenvalue weighted by Gasteiger charge is 2.39. The van der Waals surface area contributed by atoms with Crippen molar-refractivity contribution in [1.29, 1.82) is 0 Å². The van der Waals surface area contributed by atoms with Gasteiger partial charge in [-0.25, -0.2) is 0 Å². The summed E-state index contributed by atoms with van der Waals surface area (Å²) in [5, 5.41) is 1.90. The lowest BCUT2D eigenvalue weighted by molar-refractivity contribution is -0.173. The molecule has 1 aromatic rings. The predicted molar refractivity (Wildman–Crippen MR) is 66.2 cm³/mol. The van der Waals surface area contributed by atoms with Crippen molar-refractivity contribution in [2.75, 3.05) is 6.54 Å². The van der Waals surface area contributed by atoms with Crippen LogP contribution in [-0.2, 0) is 10.2 Å². The minimum Gasteiger partial charge on any atom is -0.347 e. The summed E-state index contributed by atoms with van der Waals surface area (Å²) in [5.74, 6) is -1.91. The Hall–Kier alpha value is -1.04. The Balaban J connectivity index is 2.71. The quantitative estimate of drug-likeness (QED) is 0.907. The van der Waals surface area contributed by atoms with Crippen LogP contribution in [0, 0.1) is 0 Å². The third-order valence-electron chi connectivity index (χ3n) is 2.57. The van der Waals surface area contributed by atoms with Crippen LogP contribution in [0.15, 0.2) is 28.7 Å². The molecule has 0 radical (unpaired) electrons. The van der Waals surface area contributed by atoms with Gasteiger partial charge in [0.15, 0.2) is 0 Å². The van der Waals surface area contributed by atoms with Crippen molar-refractivity contribution in [1.82, 2.24) is 5.32 Å². The maximum atomic E-state index is 12.1. The van der Waals surface area contributed by atoms with Gasteiger partial charge in [-0.3, -0.25) is 4.79 Å². The molecule has 18 heavy (non-hydrogen) atoms. The molecule has 1 aromatic carbocycles. The van der Waals surface area contributed by atoms with E-state index in [1.165, 1.54) is 0 Å². The van der Waals surface area contributed by atoms with E-state index in [4.69, 9.17) is 0 Å². The fraction of sp³-hybridized carbons (Fsp3) is 0.417. The maximum Gasteiger partial charge on any atom is 0.471 e. The summed E-state index contributed by atoms with van der Waals surface area (Å²) in [6.07, 6.45) is -4.84. The molecule has 0 aromatic heterocycles. The second-order valence-electron chi connectivity index (χ2n) is 4.57. The lowest BCUT2D eigenvalue weighted by Gasteiger charge is -2.26. The second kappa shape index (κ2) is 5.30. The molecule has 0 atom stereocenters. The number of alkyl halides is 3. The van der Waals surface area contributed by atoms with E-state index in [0.29, 0.717) is 0 Å². The number of carbonyl (C=O) groups is 1. The minimum absolute atomic E-state index is 0.0764. The van der Waals surface area contributed by atoms with Gasteiger partial charge in [0.25, 0.3) is 0 Å². The summed E-state index contributed by atoms with van der Waals surface area (Å²) < 4.78 is 37.1. The fourth-order valence-electron chi connectivity index (χ4n) is 1.40. The van der Waals surface area contributed by atoms with E-state index < -0.39 is 17.5 Å². The van der Waals surface area contributed by atoms with Gasteiger partial charge in [0, 0.05) is 16.4 Å². The summed E-state index contributed by atoms with van der Waals surface area (Å²) in [4.78, 5) is 10.8. The number of carbonyl (C=O) groups excluding carboxylic acids is 1. The standard InChI is InChI=1S/C12H13BrF3NO/c1-11(2,7-17-10(18)12(14,15)16)8-3-5-9(13)6-4-8/h3-6H,7H2,1-2H3,(H,17,18). The van der Waals surface area contributed by atoms with Crippen molar-refractivity contribution in [2.45, 2.75) is 25.4 Å². The average Bonchev–Trinajstić information content (AvgIpc) is 2.25. The molecule has 0 aliphatic carbocycles. The Morgan fingerprint density at radius 3 is 2.17 bits per heavy atom. The van der Waals surface area contributed by atoms with Crippen molar-refractivity contribution in [2.24, 2.45) is 0 Å². The number of halogens is 4. The highest BCUT2D eigenvalue weighted by Crippen LogP contribution is 2.24. The number of benzene rings is 1. The summed E-state index contributed by atoms with van der Waals surface area (Å²) in [6.45, 7) is 3.47. The molecular weight excluding hydrogens is 311 g/mol. The monoisotopic (exact) mass is 323 g/mol. The first kappa shape index (κ1) is 15.0. The van der Waals surface area contributed by atoms with Crippen LogP contribution in [0.1, 0.15) is 19.4 Å². The van der Waals surface area contributed by atoms with Crippen molar-refractivity contribution in [3.63, 3.8) is 0 Å². The van der Waals surface area contributed by atoms with Gasteiger partial charge in [-0.1, -0.05) is 41.9 Å². The van der Waals surface area contributed by atoms with Gasteiger partial charge in [-0.2, -0.15) is 13.2 Å². The Morgan fingerprint density at radius 1 is 1.22 bits per heavy atom. The molecule has 6 heteroatoms. The third kappa shape index (κ3) is 4.01. The van der Waals surface area contributed by atoms with Gasteiger partial charge in [-0.05, 0) is 17.7 Å². The van der Waals surface area contributed by atoms with Crippen LogP contribution < -0.4 is 5.32 Å². The number of hydrogen-bond acceptors (Lipinski definition) is 1. The largest absolute Gasteiger partial charge is 0.471 e. The summed E-state index contributed by atoms with van der Waals surface area (Å²) >= 11 is 3.28. The first-order valence-corrected chi connectivity index (χ1v) is 6.03. The predicted octanol–water partition coefficient (Wildman–Crippen LogP) is 3.41.